The van der Waals surface area contributed by atoms with Gasteiger partial charge in [0.15, 0.2) is 0 Å². The van der Waals surface area contributed by atoms with Gasteiger partial charge in [0.1, 0.15) is 0 Å². The van der Waals surface area contributed by atoms with Crippen LogP contribution in [0.5, 0.6) is 0 Å². The summed E-state index contributed by atoms with van der Waals surface area (Å²) in [6, 6.07) is -0.282. The topological polar surface area (TPSA) is 81.7 Å². The molecule has 104 valence electrons. The van der Waals surface area contributed by atoms with Gasteiger partial charge >= 0.3 is 12.0 Å². The largest absolute Gasteiger partial charge is 0.481 e. The molecule has 0 atom stereocenters. The Labute approximate surface area is 108 Å². The average molecular weight is 257 g/mol. The van der Waals surface area contributed by atoms with Crippen LogP contribution in [0, 0.1) is 5.41 Å². The molecular weight excluding hydrogens is 234 g/mol. The first-order valence-electron chi connectivity index (χ1n) is 6.37. The lowest BCUT2D eigenvalue weighted by Crippen LogP contribution is -2.48. The minimum atomic E-state index is -0.785. The van der Waals surface area contributed by atoms with Crippen LogP contribution in [0.3, 0.4) is 0 Å². The fraction of sp³-hybridized carbons (Fsp3) is 0.833. The number of hydrazine groups is 1. The first-order chi connectivity index (χ1) is 8.43. The van der Waals surface area contributed by atoms with Crippen molar-refractivity contribution in [2.75, 3.05) is 20.6 Å². The smallest absolute Gasteiger partial charge is 0.329 e. The van der Waals surface area contributed by atoms with Crippen molar-refractivity contribution >= 4 is 12.0 Å². The monoisotopic (exact) mass is 257 g/mol. The second-order valence-electron chi connectivity index (χ2n) is 5.32. The van der Waals surface area contributed by atoms with E-state index in [0.29, 0.717) is 6.54 Å². The fourth-order valence-corrected chi connectivity index (χ4v) is 2.55. The molecule has 2 amide bonds. The van der Waals surface area contributed by atoms with E-state index < -0.39 is 5.97 Å². The van der Waals surface area contributed by atoms with Gasteiger partial charge in [-0.05, 0) is 18.3 Å². The molecule has 3 N–H and O–H groups in total. The van der Waals surface area contributed by atoms with Crippen LogP contribution in [0.1, 0.15) is 38.5 Å². The highest BCUT2D eigenvalue weighted by Gasteiger charge is 2.34. The molecule has 0 spiro atoms. The summed E-state index contributed by atoms with van der Waals surface area (Å²) in [5, 5.41) is 13.3. The molecular formula is C12H23N3O3. The van der Waals surface area contributed by atoms with Gasteiger partial charge in [-0.2, -0.15) is 0 Å². The minimum Gasteiger partial charge on any atom is -0.481 e. The van der Waals surface area contributed by atoms with E-state index in [4.69, 9.17) is 5.11 Å². The van der Waals surface area contributed by atoms with E-state index in [2.05, 4.69) is 10.7 Å². The van der Waals surface area contributed by atoms with Crippen LogP contribution in [0.15, 0.2) is 0 Å². The molecule has 1 fully saturated rings. The summed E-state index contributed by atoms with van der Waals surface area (Å²) >= 11 is 0. The van der Waals surface area contributed by atoms with Crippen molar-refractivity contribution in [3.63, 3.8) is 0 Å². The van der Waals surface area contributed by atoms with Gasteiger partial charge in [0.05, 0.1) is 6.42 Å². The van der Waals surface area contributed by atoms with E-state index in [0.717, 1.165) is 32.1 Å². The number of hydrogen-bond donors (Lipinski definition) is 3. The summed E-state index contributed by atoms with van der Waals surface area (Å²) in [7, 11) is 3.46. The molecule has 1 saturated carbocycles. The van der Waals surface area contributed by atoms with Gasteiger partial charge in [-0.15, -0.1) is 0 Å². The molecule has 1 aliphatic carbocycles. The summed E-state index contributed by atoms with van der Waals surface area (Å²) in [5.74, 6) is -0.785. The van der Waals surface area contributed by atoms with E-state index in [1.165, 1.54) is 0 Å². The molecule has 0 aromatic heterocycles. The number of hydrogen-bond acceptors (Lipinski definition) is 3. The normalized spacial score (nSPS) is 18.4. The van der Waals surface area contributed by atoms with Crippen LogP contribution in [0.4, 0.5) is 4.79 Å². The number of rotatable bonds is 5. The first-order valence-corrected chi connectivity index (χ1v) is 6.37. The third-order valence-corrected chi connectivity index (χ3v) is 3.39. The molecule has 0 bridgehead atoms. The molecule has 0 heterocycles. The fourth-order valence-electron chi connectivity index (χ4n) is 2.55. The predicted molar refractivity (Wildman–Crippen MR) is 68.0 cm³/mol. The summed E-state index contributed by atoms with van der Waals surface area (Å²) < 4.78 is 0. The molecule has 6 heteroatoms. The highest BCUT2D eigenvalue weighted by Crippen LogP contribution is 2.38. The van der Waals surface area contributed by atoms with Gasteiger partial charge in [-0.25, -0.2) is 9.80 Å². The van der Waals surface area contributed by atoms with Crippen LogP contribution >= 0.6 is 0 Å². The zero-order chi connectivity index (χ0) is 13.6. The van der Waals surface area contributed by atoms with E-state index >= 15 is 0 Å². The third kappa shape index (κ3) is 4.91. The molecule has 0 aromatic carbocycles. The van der Waals surface area contributed by atoms with Crippen LogP contribution in [0.2, 0.25) is 0 Å². The number of amides is 2. The zero-order valence-electron chi connectivity index (χ0n) is 11.2. The molecule has 0 unspecified atom stereocenters. The Bertz CT molecular complexity index is 299. The number of nitrogens with zero attached hydrogens (tertiary/aromatic N) is 1. The van der Waals surface area contributed by atoms with Crippen molar-refractivity contribution in [1.82, 2.24) is 15.8 Å². The number of nitrogens with one attached hydrogen (secondary N) is 2. The molecule has 0 aliphatic heterocycles. The van der Waals surface area contributed by atoms with Crippen LogP contribution in [-0.2, 0) is 4.79 Å². The number of carboxylic acid groups (broad SMARTS) is 1. The molecule has 0 radical (unpaired) electrons. The highest BCUT2D eigenvalue weighted by atomic mass is 16.4. The lowest BCUT2D eigenvalue weighted by molar-refractivity contribution is -0.140. The van der Waals surface area contributed by atoms with Crippen molar-refractivity contribution in [2.24, 2.45) is 5.41 Å². The molecule has 18 heavy (non-hydrogen) atoms. The Balaban J connectivity index is 2.50. The minimum absolute atomic E-state index is 0.134. The number of urea groups is 1. The Morgan fingerprint density at radius 2 is 1.83 bits per heavy atom. The molecule has 0 saturated heterocycles. The molecule has 1 aliphatic rings. The van der Waals surface area contributed by atoms with Gasteiger partial charge in [0.25, 0.3) is 0 Å². The van der Waals surface area contributed by atoms with Gasteiger partial charge < -0.3 is 10.4 Å². The summed E-state index contributed by atoms with van der Waals surface area (Å²) in [5.41, 5.74) is 2.32. The SMILES string of the molecule is CN(C)NC(=O)NCC1(CC(=O)O)CCCCC1. The second kappa shape index (κ2) is 6.58. The van der Waals surface area contributed by atoms with Gasteiger partial charge in [0, 0.05) is 20.6 Å². The maximum atomic E-state index is 11.5. The maximum Gasteiger partial charge on any atom is 0.329 e. The molecule has 0 aromatic rings. The predicted octanol–water partition coefficient (Wildman–Crippen LogP) is 1.19. The van der Waals surface area contributed by atoms with Crippen LogP contribution in [-0.4, -0.2) is 42.8 Å². The average Bonchev–Trinajstić information content (AvgIpc) is 2.26. The highest BCUT2D eigenvalue weighted by molar-refractivity contribution is 5.73. The van der Waals surface area contributed by atoms with Crippen molar-refractivity contribution < 1.29 is 14.7 Å². The van der Waals surface area contributed by atoms with Gasteiger partial charge in [-0.1, -0.05) is 19.3 Å². The van der Waals surface area contributed by atoms with E-state index in [1.807, 2.05) is 0 Å². The molecule has 6 nitrogen and oxygen atoms in total. The van der Waals surface area contributed by atoms with Gasteiger partial charge in [-0.3, -0.25) is 10.2 Å². The van der Waals surface area contributed by atoms with Crippen LogP contribution in [0.25, 0.3) is 0 Å². The molecule has 1 rings (SSSR count). The summed E-state index contributed by atoms with van der Waals surface area (Å²) in [6.07, 6.45) is 5.14. The number of aliphatic carboxylic acids is 1. The van der Waals surface area contributed by atoms with Crippen molar-refractivity contribution in [1.29, 1.82) is 0 Å². The first kappa shape index (κ1) is 14.8. The second-order valence-corrected chi connectivity index (χ2v) is 5.32. The summed E-state index contributed by atoms with van der Waals surface area (Å²) in [4.78, 5) is 22.5. The number of carbonyl (C=O) groups is 2. The summed E-state index contributed by atoms with van der Waals surface area (Å²) in [6.45, 7) is 0.430. The third-order valence-electron chi connectivity index (χ3n) is 3.39. The Kier molecular flexibility index (Phi) is 5.40. The number of carboxylic acids is 1. The van der Waals surface area contributed by atoms with E-state index in [1.54, 1.807) is 19.1 Å². The Hall–Kier alpha value is -1.30. The van der Waals surface area contributed by atoms with E-state index in [-0.39, 0.29) is 17.9 Å². The van der Waals surface area contributed by atoms with E-state index in [9.17, 15) is 9.59 Å². The van der Waals surface area contributed by atoms with Crippen molar-refractivity contribution in [3.05, 3.63) is 0 Å². The number of carbonyl (C=O) groups excluding carboxylic acids is 1. The quantitative estimate of drug-likeness (QED) is 0.646. The van der Waals surface area contributed by atoms with Gasteiger partial charge in [0.2, 0.25) is 0 Å². The lowest BCUT2D eigenvalue weighted by atomic mass is 9.72. The van der Waals surface area contributed by atoms with Crippen LogP contribution < -0.4 is 10.7 Å². The zero-order valence-corrected chi connectivity index (χ0v) is 11.2. The Morgan fingerprint density at radius 3 is 2.33 bits per heavy atom. The maximum absolute atomic E-state index is 11.5. The Morgan fingerprint density at radius 1 is 1.22 bits per heavy atom. The standard InChI is InChI=1S/C12H23N3O3/c1-15(2)14-11(18)13-9-12(8-10(16)17)6-4-3-5-7-12/h3-9H2,1-2H3,(H,16,17)(H2,13,14,18). The van der Waals surface area contributed by atoms with Crippen molar-refractivity contribution in [3.8, 4) is 0 Å². The van der Waals surface area contributed by atoms with Crippen molar-refractivity contribution in [2.45, 2.75) is 38.5 Å². The lowest BCUT2D eigenvalue weighted by Gasteiger charge is -2.36.